The Morgan fingerprint density at radius 1 is 1.09 bits per heavy atom. The third-order valence-electron chi connectivity index (χ3n) is 4.38. The van der Waals surface area contributed by atoms with E-state index in [1.165, 1.54) is 0 Å². The van der Waals surface area contributed by atoms with Gasteiger partial charge in [0, 0.05) is 39.1 Å². The van der Waals surface area contributed by atoms with Crippen molar-refractivity contribution < 1.29 is 14.3 Å². The van der Waals surface area contributed by atoms with E-state index in [2.05, 4.69) is 10.2 Å². The van der Waals surface area contributed by atoms with E-state index in [1.807, 2.05) is 35.2 Å². The summed E-state index contributed by atoms with van der Waals surface area (Å²) in [5.41, 5.74) is 0.985. The van der Waals surface area contributed by atoms with E-state index < -0.39 is 0 Å². The second-order valence-corrected chi connectivity index (χ2v) is 5.89. The van der Waals surface area contributed by atoms with Crippen molar-refractivity contribution >= 4 is 11.8 Å². The average Bonchev–Trinajstić information content (AvgIpc) is 2.82. The maximum absolute atomic E-state index is 13.1. The van der Waals surface area contributed by atoms with Crippen LogP contribution in [0, 0.1) is 0 Å². The standard InChI is InChI=1S/C17H23N3O3/c21-15-6-8-19(9-7-18-15)16(14-4-2-1-3-5-14)17(22)20-10-12-23-13-11-20/h1-5,16H,6-13H2,(H,18,21). The van der Waals surface area contributed by atoms with Gasteiger partial charge in [0.25, 0.3) is 0 Å². The molecule has 0 bridgehead atoms. The molecule has 0 aliphatic carbocycles. The Balaban J connectivity index is 1.84. The van der Waals surface area contributed by atoms with Gasteiger partial charge in [-0.25, -0.2) is 0 Å². The Hall–Kier alpha value is -1.92. The van der Waals surface area contributed by atoms with Crippen LogP contribution in [0.3, 0.4) is 0 Å². The molecule has 2 amide bonds. The number of carbonyl (C=O) groups is 2. The SMILES string of the molecule is O=C1CCN(C(C(=O)N2CCOCC2)c2ccccc2)CCN1. The smallest absolute Gasteiger partial charge is 0.244 e. The van der Waals surface area contributed by atoms with Crippen molar-refractivity contribution in [2.75, 3.05) is 45.9 Å². The summed E-state index contributed by atoms with van der Waals surface area (Å²) in [7, 11) is 0. The van der Waals surface area contributed by atoms with Gasteiger partial charge in [-0.1, -0.05) is 30.3 Å². The summed E-state index contributed by atoms with van der Waals surface area (Å²) in [5.74, 6) is 0.159. The van der Waals surface area contributed by atoms with Gasteiger partial charge in [0.15, 0.2) is 0 Å². The van der Waals surface area contributed by atoms with Crippen LogP contribution in [-0.2, 0) is 14.3 Å². The molecule has 0 saturated carbocycles. The van der Waals surface area contributed by atoms with E-state index in [4.69, 9.17) is 4.74 Å². The lowest BCUT2D eigenvalue weighted by Gasteiger charge is -2.35. The van der Waals surface area contributed by atoms with Gasteiger partial charge >= 0.3 is 0 Å². The van der Waals surface area contributed by atoms with Crippen LogP contribution in [0.4, 0.5) is 0 Å². The van der Waals surface area contributed by atoms with Gasteiger partial charge in [-0.15, -0.1) is 0 Å². The number of benzene rings is 1. The quantitative estimate of drug-likeness (QED) is 0.877. The zero-order chi connectivity index (χ0) is 16.1. The molecule has 2 aliphatic rings. The van der Waals surface area contributed by atoms with E-state index in [0.29, 0.717) is 52.4 Å². The van der Waals surface area contributed by atoms with Gasteiger partial charge in [0.1, 0.15) is 6.04 Å². The highest BCUT2D eigenvalue weighted by Gasteiger charge is 2.32. The summed E-state index contributed by atoms with van der Waals surface area (Å²) in [6.45, 7) is 4.31. The highest BCUT2D eigenvalue weighted by molar-refractivity contribution is 5.84. The Morgan fingerprint density at radius 2 is 1.83 bits per heavy atom. The predicted molar refractivity (Wildman–Crippen MR) is 85.8 cm³/mol. The first-order chi connectivity index (χ1) is 11.3. The Morgan fingerprint density at radius 3 is 2.57 bits per heavy atom. The fourth-order valence-electron chi connectivity index (χ4n) is 3.14. The minimum Gasteiger partial charge on any atom is -0.378 e. The molecule has 23 heavy (non-hydrogen) atoms. The van der Waals surface area contributed by atoms with Crippen LogP contribution in [0.15, 0.2) is 30.3 Å². The summed E-state index contributed by atoms with van der Waals surface area (Å²) < 4.78 is 5.35. The lowest BCUT2D eigenvalue weighted by atomic mass is 10.0. The first-order valence-electron chi connectivity index (χ1n) is 8.18. The third kappa shape index (κ3) is 3.89. The molecule has 6 heteroatoms. The number of hydrogen-bond acceptors (Lipinski definition) is 4. The van der Waals surface area contributed by atoms with E-state index >= 15 is 0 Å². The molecular weight excluding hydrogens is 294 g/mol. The van der Waals surface area contributed by atoms with Crippen molar-refractivity contribution in [3.8, 4) is 0 Å². The first kappa shape index (κ1) is 16.0. The van der Waals surface area contributed by atoms with Crippen LogP contribution in [0.25, 0.3) is 0 Å². The summed E-state index contributed by atoms with van der Waals surface area (Å²) in [6, 6.07) is 9.51. The largest absolute Gasteiger partial charge is 0.378 e. The molecule has 1 N–H and O–H groups in total. The normalized spacial score (nSPS) is 21.4. The zero-order valence-electron chi connectivity index (χ0n) is 13.2. The fourth-order valence-corrected chi connectivity index (χ4v) is 3.14. The Bertz CT molecular complexity index is 543. The number of amides is 2. The molecule has 2 saturated heterocycles. The molecule has 2 fully saturated rings. The summed E-state index contributed by atoms with van der Waals surface area (Å²) in [5, 5.41) is 2.87. The van der Waals surface area contributed by atoms with E-state index in [1.54, 1.807) is 0 Å². The monoisotopic (exact) mass is 317 g/mol. The molecule has 0 aromatic heterocycles. The molecule has 1 aromatic carbocycles. The second kappa shape index (κ2) is 7.57. The van der Waals surface area contributed by atoms with Crippen LogP contribution in [0.2, 0.25) is 0 Å². The summed E-state index contributed by atoms with van der Waals surface area (Å²) in [6.07, 6.45) is 0.430. The summed E-state index contributed by atoms with van der Waals surface area (Å²) >= 11 is 0. The maximum atomic E-state index is 13.1. The van der Waals surface area contributed by atoms with E-state index in [9.17, 15) is 9.59 Å². The Labute approximate surface area is 136 Å². The van der Waals surface area contributed by atoms with Crippen molar-refractivity contribution in [1.82, 2.24) is 15.1 Å². The molecule has 2 heterocycles. The highest BCUT2D eigenvalue weighted by Crippen LogP contribution is 2.24. The van der Waals surface area contributed by atoms with Gasteiger partial charge in [0.05, 0.1) is 13.2 Å². The van der Waals surface area contributed by atoms with Crippen LogP contribution in [0.5, 0.6) is 0 Å². The number of rotatable bonds is 3. The molecule has 1 atom stereocenters. The molecular formula is C17H23N3O3. The first-order valence-corrected chi connectivity index (χ1v) is 8.18. The van der Waals surface area contributed by atoms with E-state index in [-0.39, 0.29) is 17.9 Å². The number of nitrogens with zero attached hydrogens (tertiary/aromatic N) is 2. The number of nitrogens with one attached hydrogen (secondary N) is 1. The number of morpholine rings is 1. The number of hydrogen-bond donors (Lipinski definition) is 1. The molecule has 124 valence electrons. The zero-order valence-corrected chi connectivity index (χ0v) is 13.2. The van der Waals surface area contributed by atoms with Crippen LogP contribution in [-0.4, -0.2) is 67.6 Å². The molecule has 0 radical (unpaired) electrons. The van der Waals surface area contributed by atoms with Crippen molar-refractivity contribution in [3.63, 3.8) is 0 Å². The summed E-state index contributed by atoms with van der Waals surface area (Å²) in [4.78, 5) is 28.7. The second-order valence-electron chi connectivity index (χ2n) is 5.89. The van der Waals surface area contributed by atoms with Crippen molar-refractivity contribution in [2.45, 2.75) is 12.5 Å². The molecule has 2 aliphatic heterocycles. The molecule has 1 unspecified atom stereocenters. The minimum atomic E-state index is -0.331. The molecule has 6 nitrogen and oxygen atoms in total. The highest BCUT2D eigenvalue weighted by atomic mass is 16.5. The van der Waals surface area contributed by atoms with Crippen LogP contribution < -0.4 is 5.32 Å². The maximum Gasteiger partial charge on any atom is 0.244 e. The fraction of sp³-hybridized carbons (Fsp3) is 0.529. The number of ether oxygens (including phenoxy) is 1. The lowest BCUT2D eigenvalue weighted by molar-refractivity contribution is -0.141. The van der Waals surface area contributed by atoms with Crippen LogP contribution in [0.1, 0.15) is 18.0 Å². The molecule has 1 aromatic rings. The van der Waals surface area contributed by atoms with Crippen LogP contribution >= 0.6 is 0 Å². The Kier molecular flexibility index (Phi) is 5.25. The van der Waals surface area contributed by atoms with Crippen molar-refractivity contribution in [1.29, 1.82) is 0 Å². The average molecular weight is 317 g/mol. The van der Waals surface area contributed by atoms with Crippen molar-refractivity contribution in [2.24, 2.45) is 0 Å². The van der Waals surface area contributed by atoms with Gasteiger partial charge in [-0.3, -0.25) is 14.5 Å². The third-order valence-corrected chi connectivity index (χ3v) is 4.38. The van der Waals surface area contributed by atoms with Gasteiger partial charge in [-0.05, 0) is 5.56 Å². The molecule has 3 rings (SSSR count). The van der Waals surface area contributed by atoms with Gasteiger partial charge < -0.3 is 15.0 Å². The number of carbonyl (C=O) groups excluding carboxylic acids is 2. The predicted octanol–water partition coefficient (Wildman–Crippen LogP) is 0.408. The molecule has 0 spiro atoms. The van der Waals surface area contributed by atoms with E-state index in [0.717, 1.165) is 5.56 Å². The van der Waals surface area contributed by atoms with Gasteiger partial charge in [0.2, 0.25) is 11.8 Å². The topological polar surface area (TPSA) is 61.9 Å². The lowest BCUT2D eigenvalue weighted by Crippen LogP contribution is -2.48. The minimum absolute atomic E-state index is 0.0538. The van der Waals surface area contributed by atoms with Crippen molar-refractivity contribution in [3.05, 3.63) is 35.9 Å². The van der Waals surface area contributed by atoms with Gasteiger partial charge in [-0.2, -0.15) is 0 Å².